The average molecular weight is 451 g/mol. The van der Waals surface area contributed by atoms with Crippen molar-refractivity contribution in [2.45, 2.75) is 38.5 Å². The Balaban J connectivity index is 1.31. The van der Waals surface area contributed by atoms with Crippen LogP contribution in [-0.2, 0) is 4.79 Å². The molecular formula is C25H30N4O2S. The summed E-state index contributed by atoms with van der Waals surface area (Å²) in [5.41, 5.74) is 2.13. The molecule has 2 fully saturated rings. The number of benzene rings is 1. The molecule has 0 aliphatic carbocycles. The Bertz CT molecular complexity index is 1070. The van der Waals surface area contributed by atoms with E-state index in [2.05, 4.69) is 38.0 Å². The number of anilines is 1. The Labute approximate surface area is 193 Å². The van der Waals surface area contributed by atoms with Gasteiger partial charge in [-0.3, -0.25) is 4.79 Å². The summed E-state index contributed by atoms with van der Waals surface area (Å²) in [5, 5.41) is 0. The molecular weight excluding hydrogens is 420 g/mol. The van der Waals surface area contributed by atoms with Crippen LogP contribution in [0.15, 0.2) is 36.7 Å². The van der Waals surface area contributed by atoms with Gasteiger partial charge in [0.2, 0.25) is 5.91 Å². The highest BCUT2D eigenvalue weighted by atomic mass is 32.1. The molecule has 168 valence electrons. The molecule has 2 saturated heterocycles. The van der Waals surface area contributed by atoms with Crippen LogP contribution < -0.4 is 9.64 Å². The van der Waals surface area contributed by atoms with Crippen LogP contribution in [0.1, 0.15) is 38.5 Å². The summed E-state index contributed by atoms with van der Waals surface area (Å²) >= 11 is 1.73. The van der Waals surface area contributed by atoms with Crippen LogP contribution in [0.2, 0.25) is 0 Å². The maximum absolute atomic E-state index is 13.0. The van der Waals surface area contributed by atoms with Gasteiger partial charge in [-0.1, -0.05) is 12.8 Å². The molecule has 0 bridgehead atoms. The van der Waals surface area contributed by atoms with Crippen molar-refractivity contribution in [2.24, 2.45) is 5.92 Å². The highest BCUT2D eigenvalue weighted by Gasteiger charge is 2.30. The van der Waals surface area contributed by atoms with Crippen molar-refractivity contribution in [3.63, 3.8) is 0 Å². The molecule has 7 heteroatoms. The number of piperidine rings is 1. The zero-order valence-corrected chi connectivity index (χ0v) is 19.4. The lowest BCUT2D eigenvalue weighted by molar-refractivity contribution is -0.136. The van der Waals surface area contributed by atoms with E-state index in [9.17, 15) is 4.79 Å². The second kappa shape index (κ2) is 9.45. The fourth-order valence-corrected chi connectivity index (χ4v) is 5.99. The van der Waals surface area contributed by atoms with E-state index in [1.807, 2.05) is 12.1 Å². The van der Waals surface area contributed by atoms with Crippen molar-refractivity contribution < 1.29 is 9.53 Å². The lowest BCUT2D eigenvalue weighted by Gasteiger charge is -2.34. The van der Waals surface area contributed by atoms with E-state index in [0.29, 0.717) is 5.91 Å². The van der Waals surface area contributed by atoms with E-state index in [-0.39, 0.29) is 5.92 Å². The molecule has 2 aliphatic rings. The van der Waals surface area contributed by atoms with Crippen LogP contribution in [0.3, 0.4) is 0 Å². The summed E-state index contributed by atoms with van der Waals surface area (Å²) in [6.45, 7) is 3.61. The Morgan fingerprint density at radius 1 is 1.00 bits per heavy atom. The number of nitrogens with zero attached hydrogens (tertiary/aromatic N) is 4. The van der Waals surface area contributed by atoms with Crippen molar-refractivity contribution in [2.75, 3.05) is 38.2 Å². The molecule has 2 aromatic heterocycles. The van der Waals surface area contributed by atoms with Crippen molar-refractivity contribution in [1.82, 2.24) is 14.9 Å². The molecule has 32 heavy (non-hydrogen) atoms. The smallest absolute Gasteiger partial charge is 0.225 e. The van der Waals surface area contributed by atoms with Crippen molar-refractivity contribution in [3.05, 3.63) is 36.7 Å². The van der Waals surface area contributed by atoms with Crippen LogP contribution in [-0.4, -0.2) is 54.1 Å². The van der Waals surface area contributed by atoms with Crippen LogP contribution in [0.4, 0.5) is 5.82 Å². The summed E-state index contributed by atoms with van der Waals surface area (Å²) in [4.78, 5) is 27.8. The van der Waals surface area contributed by atoms with Gasteiger partial charge in [0.1, 0.15) is 17.9 Å². The number of fused-ring (bicyclic) bond motifs is 1. The molecule has 0 unspecified atom stereocenters. The van der Waals surface area contributed by atoms with Gasteiger partial charge in [0.15, 0.2) is 0 Å². The zero-order valence-electron chi connectivity index (χ0n) is 18.6. The summed E-state index contributed by atoms with van der Waals surface area (Å²) in [7, 11) is 1.68. The lowest BCUT2D eigenvalue weighted by Crippen LogP contribution is -2.43. The van der Waals surface area contributed by atoms with Crippen LogP contribution in [0.25, 0.3) is 20.7 Å². The van der Waals surface area contributed by atoms with Gasteiger partial charge >= 0.3 is 0 Å². The number of ether oxygens (including phenoxy) is 1. The molecule has 5 rings (SSSR count). The predicted molar refractivity (Wildman–Crippen MR) is 129 cm³/mol. The lowest BCUT2D eigenvalue weighted by atomic mass is 9.95. The topological polar surface area (TPSA) is 58.6 Å². The molecule has 1 aromatic carbocycles. The molecule has 6 nitrogen and oxygen atoms in total. The third kappa shape index (κ3) is 4.31. The molecule has 0 radical (unpaired) electrons. The van der Waals surface area contributed by atoms with E-state index in [0.717, 1.165) is 79.2 Å². The van der Waals surface area contributed by atoms with E-state index in [1.165, 1.54) is 17.7 Å². The first-order chi connectivity index (χ1) is 15.7. The third-order valence-corrected chi connectivity index (χ3v) is 7.90. The maximum atomic E-state index is 13.0. The number of likely N-dealkylation sites (tertiary alicyclic amines) is 1. The summed E-state index contributed by atoms with van der Waals surface area (Å²) < 4.78 is 6.40. The average Bonchev–Trinajstić information content (AvgIpc) is 3.10. The SMILES string of the molecule is COc1ccc(-c2cc3ncnc(N4CCC(C(=O)N5CCCCCC5)CC4)c3s2)cc1. The molecule has 0 spiro atoms. The summed E-state index contributed by atoms with van der Waals surface area (Å²) in [5.74, 6) is 2.38. The van der Waals surface area contributed by atoms with E-state index in [1.54, 1.807) is 24.8 Å². The van der Waals surface area contributed by atoms with Gasteiger partial charge in [0.25, 0.3) is 0 Å². The molecule has 0 N–H and O–H groups in total. The molecule has 1 amide bonds. The minimum Gasteiger partial charge on any atom is -0.497 e. The first-order valence-corrected chi connectivity index (χ1v) is 12.5. The van der Waals surface area contributed by atoms with Crippen molar-refractivity contribution >= 4 is 33.3 Å². The third-order valence-electron chi connectivity index (χ3n) is 6.73. The van der Waals surface area contributed by atoms with Gasteiger partial charge in [-0.15, -0.1) is 11.3 Å². The van der Waals surface area contributed by atoms with Gasteiger partial charge in [-0.2, -0.15) is 0 Å². The first kappa shape index (κ1) is 21.2. The Morgan fingerprint density at radius 3 is 2.41 bits per heavy atom. The predicted octanol–water partition coefficient (Wildman–Crippen LogP) is 4.99. The number of thiophene rings is 1. The Hall–Kier alpha value is -2.67. The van der Waals surface area contributed by atoms with Gasteiger partial charge in [-0.05, 0) is 61.6 Å². The maximum Gasteiger partial charge on any atom is 0.225 e. The quantitative estimate of drug-likeness (QED) is 0.561. The normalized spacial score (nSPS) is 18.0. The van der Waals surface area contributed by atoms with Crippen LogP contribution in [0.5, 0.6) is 5.75 Å². The number of amides is 1. The van der Waals surface area contributed by atoms with Crippen molar-refractivity contribution in [1.29, 1.82) is 0 Å². The minimum atomic E-state index is 0.153. The number of hydrogen-bond donors (Lipinski definition) is 0. The number of hydrogen-bond acceptors (Lipinski definition) is 6. The van der Waals surface area contributed by atoms with Gasteiger partial charge in [0.05, 0.1) is 17.3 Å². The molecule has 0 saturated carbocycles. The number of methoxy groups -OCH3 is 1. The highest BCUT2D eigenvalue weighted by molar-refractivity contribution is 7.22. The van der Waals surface area contributed by atoms with Gasteiger partial charge < -0.3 is 14.5 Å². The molecule has 2 aliphatic heterocycles. The Kier molecular flexibility index (Phi) is 6.26. The largest absolute Gasteiger partial charge is 0.497 e. The van der Waals surface area contributed by atoms with Gasteiger partial charge in [0, 0.05) is 37.0 Å². The van der Waals surface area contributed by atoms with Crippen LogP contribution in [0, 0.1) is 5.92 Å². The molecule has 0 atom stereocenters. The monoisotopic (exact) mass is 450 g/mol. The highest BCUT2D eigenvalue weighted by Crippen LogP contribution is 2.38. The number of carbonyl (C=O) groups is 1. The van der Waals surface area contributed by atoms with E-state index < -0.39 is 0 Å². The fourth-order valence-electron chi connectivity index (χ4n) is 4.85. The van der Waals surface area contributed by atoms with E-state index in [4.69, 9.17) is 4.74 Å². The first-order valence-electron chi connectivity index (χ1n) is 11.7. The minimum absolute atomic E-state index is 0.153. The number of carbonyl (C=O) groups excluding carboxylic acids is 1. The van der Waals surface area contributed by atoms with Crippen molar-refractivity contribution in [3.8, 4) is 16.2 Å². The van der Waals surface area contributed by atoms with Crippen LogP contribution >= 0.6 is 11.3 Å². The fraction of sp³-hybridized carbons (Fsp3) is 0.480. The summed E-state index contributed by atoms with van der Waals surface area (Å²) in [6, 6.07) is 10.3. The number of aromatic nitrogens is 2. The number of rotatable bonds is 4. The Morgan fingerprint density at radius 2 is 1.72 bits per heavy atom. The molecule has 3 aromatic rings. The zero-order chi connectivity index (χ0) is 21.9. The second-order valence-electron chi connectivity index (χ2n) is 8.75. The summed E-state index contributed by atoms with van der Waals surface area (Å²) in [6.07, 6.45) is 8.28. The van der Waals surface area contributed by atoms with Gasteiger partial charge in [-0.25, -0.2) is 9.97 Å². The second-order valence-corrected chi connectivity index (χ2v) is 9.80. The molecule has 4 heterocycles. The van der Waals surface area contributed by atoms with E-state index >= 15 is 0 Å². The standard InChI is InChI=1S/C25H30N4O2S/c1-31-20-8-6-18(7-9-20)22-16-21-23(32-22)24(27-17-26-21)28-14-10-19(11-15-28)25(30)29-12-4-2-3-5-13-29/h6-9,16-17,19H,2-5,10-15H2,1H3.